The molecule has 0 amide bonds. The summed E-state index contributed by atoms with van der Waals surface area (Å²) < 4.78 is 67.7. The highest BCUT2D eigenvalue weighted by Gasteiger charge is 2.42. The summed E-state index contributed by atoms with van der Waals surface area (Å²) in [5.41, 5.74) is 6.28. The third-order valence-electron chi connectivity index (χ3n) is 10.0. The minimum atomic E-state index is -4.41. The van der Waals surface area contributed by atoms with Crippen LogP contribution in [0.4, 0.5) is 17.6 Å². The molecule has 11 heteroatoms. The highest BCUT2D eigenvalue weighted by molar-refractivity contribution is 6.27. The number of oxime groups is 1. The van der Waals surface area contributed by atoms with Gasteiger partial charge in [0.2, 0.25) is 0 Å². The van der Waals surface area contributed by atoms with E-state index < -0.39 is 24.9 Å². The number of carbonyl (C=O) groups excluding carboxylic acids is 2. The maximum atomic E-state index is 14.6. The normalized spacial score (nSPS) is 12.3. The number of carbonyl (C=O) groups is 2. The lowest BCUT2D eigenvalue weighted by Gasteiger charge is -2.18. The number of para-hydroxylation sites is 1. The monoisotopic (exact) mass is 782 g/mol. The molecule has 0 aliphatic rings. The third kappa shape index (κ3) is 8.89. The molecule has 298 valence electrons. The van der Waals surface area contributed by atoms with E-state index in [1.165, 1.54) is 18.2 Å². The average Bonchev–Trinajstić information content (AvgIpc) is 3.49. The van der Waals surface area contributed by atoms with E-state index in [2.05, 4.69) is 16.6 Å². The van der Waals surface area contributed by atoms with Crippen LogP contribution in [0.25, 0.3) is 32.6 Å². The topological polar surface area (TPSA) is 79.1 Å². The number of nitrogens with zero attached hydrogens (tertiary/aromatic N) is 2. The van der Waals surface area contributed by atoms with Gasteiger partial charge in [0.05, 0.1) is 12.1 Å². The number of fused-ring (bicyclic) bond motifs is 5. The highest BCUT2D eigenvalue weighted by atomic mass is 19.3. The van der Waals surface area contributed by atoms with E-state index in [1.54, 1.807) is 12.1 Å². The van der Waals surface area contributed by atoms with Crippen LogP contribution in [0.2, 0.25) is 0 Å². The van der Waals surface area contributed by atoms with Crippen molar-refractivity contribution in [3.63, 3.8) is 0 Å². The number of halogens is 4. The van der Waals surface area contributed by atoms with Gasteiger partial charge in [0, 0.05) is 64.0 Å². The number of benzene rings is 5. The Hall–Kier alpha value is -5.55. The van der Waals surface area contributed by atoms with E-state index in [0.29, 0.717) is 36.4 Å². The summed E-state index contributed by atoms with van der Waals surface area (Å²) in [4.78, 5) is 31.8. The second-order valence-corrected chi connectivity index (χ2v) is 14.4. The van der Waals surface area contributed by atoms with Crippen molar-refractivity contribution in [2.45, 2.75) is 79.2 Å². The molecule has 0 unspecified atom stereocenters. The first-order chi connectivity index (χ1) is 27.3. The minimum Gasteiger partial charge on any atom is -0.486 e. The second kappa shape index (κ2) is 17.7. The average molecular weight is 783 g/mol. The van der Waals surface area contributed by atoms with E-state index in [4.69, 9.17) is 14.3 Å². The van der Waals surface area contributed by atoms with E-state index in [1.807, 2.05) is 75.4 Å². The van der Waals surface area contributed by atoms with Crippen LogP contribution in [0.15, 0.2) is 90.1 Å². The molecule has 57 heavy (non-hydrogen) atoms. The maximum Gasteiger partial charge on any atom is 0.340 e. The number of hydrogen-bond donors (Lipinski definition) is 0. The van der Waals surface area contributed by atoms with Crippen LogP contribution in [0.1, 0.15) is 83.3 Å². The van der Waals surface area contributed by atoms with Crippen molar-refractivity contribution in [2.75, 3.05) is 19.8 Å². The Morgan fingerprint density at radius 1 is 0.789 bits per heavy atom. The van der Waals surface area contributed by atoms with Gasteiger partial charge in [-0.1, -0.05) is 91.5 Å². The lowest BCUT2D eigenvalue weighted by molar-refractivity contribution is -0.148. The number of ketones is 1. The quantitative estimate of drug-likeness (QED) is 0.0230. The standard InChI is InChI=1S/C46H46F4N2O5/c1-6-7-8-13-21-55-22-20-52-39-19-18-32(42(51-57-31(5)53)35-16-11-12-17-40(35)56-27-46(49,50)45(47)48)25-36(39)37-26-38(33-14-9-10-15-34(33)43(37)52)44(54)41-29(3)23-28(2)24-30(41)4/h9-12,14-19,23-26,45H,6-8,13,20-22,27H2,1-5H3/b51-42-. The predicted octanol–water partition coefficient (Wildman–Crippen LogP) is 11.3. The molecule has 0 aliphatic carbocycles. The first kappa shape index (κ1) is 41.1. The summed E-state index contributed by atoms with van der Waals surface area (Å²) in [5, 5.41) is 7.29. The summed E-state index contributed by atoms with van der Waals surface area (Å²) in [6.45, 7) is 9.20. The molecule has 0 bridgehead atoms. The first-order valence-corrected chi connectivity index (χ1v) is 19.1. The summed E-state index contributed by atoms with van der Waals surface area (Å²) >= 11 is 0. The maximum absolute atomic E-state index is 14.6. The van der Waals surface area contributed by atoms with Crippen LogP contribution in [0.3, 0.4) is 0 Å². The van der Waals surface area contributed by atoms with Gasteiger partial charge in [0.25, 0.3) is 0 Å². The Balaban J connectivity index is 1.56. The number of rotatable bonds is 17. The molecule has 6 aromatic rings. The fraction of sp³-hybridized carbons (Fsp3) is 0.326. The van der Waals surface area contributed by atoms with E-state index >= 15 is 0 Å². The van der Waals surface area contributed by atoms with Crippen LogP contribution >= 0.6 is 0 Å². The van der Waals surface area contributed by atoms with Gasteiger partial charge in [-0.15, -0.1) is 0 Å². The van der Waals surface area contributed by atoms with Gasteiger partial charge in [-0.2, -0.15) is 8.78 Å². The van der Waals surface area contributed by atoms with Crippen LogP contribution < -0.4 is 4.74 Å². The molecule has 0 radical (unpaired) electrons. The van der Waals surface area contributed by atoms with Crippen molar-refractivity contribution in [1.29, 1.82) is 0 Å². The lowest BCUT2D eigenvalue weighted by atomic mass is 9.89. The summed E-state index contributed by atoms with van der Waals surface area (Å²) in [6, 6.07) is 25.2. The van der Waals surface area contributed by atoms with Crippen LogP contribution in [-0.4, -0.2) is 54.2 Å². The molecule has 1 aromatic heterocycles. The molecule has 0 atom stereocenters. The van der Waals surface area contributed by atoms with Gasteiger partial charge in [-0.25, -0.2) is 13.6 Å². The molecule has 0 N–H and O–H groups in total. The zero-order chi connectivity index (χ0) is 40.9. The molecule has 0 aliphatic heterocycles. The largest absolute Gasteiger partial charge is 0.486 e. The van der Waals surface area contributed by atoms with Gasteiger partial charge in [-0.05, 0) is 74.0 Å². The molecule has 0 saturated heterocycles. The predicted molar refractivity (Wildman–Crippen MR) is 216 cm³/mol. The number of hydrogen-bond acceptors (Lipinski definition) is 6. The Labute approximate surface area is 329 Å². The van der Waals surface area contributed by atoms with Crippen molar-refractivity contribution in [3.8, 4) is 5.75 Å². The van der Waals surface area contributed by atoms with Gasteiger partial charge in [0.1, 0.15) is 11.5 Å². The number of unbranched alkanes of at least 4 members (excludes halogenated alkanes) is 3. The SMILES string of the molecule is CCCCCCOCCn1c2ccc(/C(=N/OC(C)=O)c3ccccc3OCC(F)(F)C(F)F)cc2c2cc(C(=O)c3c(C)cc(C)cc3C)c3ccccc3c21. The van der Waals surface area contributed by atoms with Crippen LogP contribution in [-0.2, 0) is 20.9 Å². The Morgan fingerprint density at radius 3 is 2.19 bits per heavy atom. The van der Waals surface area contributed by atoms with Gasteiger partial charge in [-0.3, -0.25) is 4.79 Å². The second-order valence-electron chi connectivity index (χ2n) is 14.4. The van der Waals surface area contributed by atoms with Crippen molar-refractivity contribution in [3.05, 3.63) is 124 Å². The molecule has 0 spiro atoms. The van der Waals surface area contributed by atoms with Gasteiger partial charge < -0.3 is 18.9 Å². The number of alkyl halides is 4. The fourth-order valence-corrected chi connectivity index (χ4v) is 7.49. The smallest absolute Gasteiger partial charge is 0.340 e. The van der Waals surface area contributed by atoms with Crippen LogP contribution in [0.5, 0.6) is 5.75 Å². The third-order valence-corrected chi connectivity index (χ3v) is 10.0. The summed E-state index contributed by atoms with van der Waals surface area (Å²) in [7, 11) is 0. The van der Waals surface area contributed by atoms with E-state index in [-0.39, 0.29) is 22.8 Å². The fourth-order valence-electron chi connectivity index (χ4n) is 7.49. The first-order valence-electron chi connectivity index (χ1n) is 19.1. The number of aromatic nitrogens is 1. The summed E-state index contributed by atoms with van der Waals surface area (Å²) in [6.07, 6.45) is 0.401. The van der Waals surface area contributed by atoms with Crippen molar-refractivity contribution < 1.29 is 41.5 Å². The summed E-state index contributed by atoms with van der Waals surface area (Å²) in [5.74, 6) is -5.42. The number of aryl methyl sites for hydroxylation is 3. The van der Waals surface area contributed by atoms with Crippen LogP contribution in [0, 0.1) is 20.8 Å². The minimum absolute atomic E-state index is 0.0439. The molecule has 0 fully saturated rings. The van der Waals surface area contributed by atoms with E-state index in [9.17, 15) is 27.2 Å². The molecule has 7 nitrogen and oxygen atoms in total. The number of ether oxygens (including phenoxy) is 2. The Morgan fingerprint density at radius 2 is 1.49 bits per heavy atom. The molecule has 0 saturated carbocycles. The molecule has 6 rings (SSSR count). The van der Waals surface area contributed by atoms with Crippen molar-refractivity contribution in [2.24, 2.45) is 5.16 Å². The van der Waals surface area contributed by atoms with Crippen molar-refractivity contribution in [1.82, 2.24) is 4.57 Å². The molecular formula is C46H46F4N2O5. The zero-order valence-electron chi connectivity index (χ0n) is 32.8. The lowest BCUT2D eigenvalue weighted by Crippen LogP contribution is -2.34. The van der Waals surface area contributed by atoms with E-state index in [0.717, 1.165) is 81.9 Å². The molecule has 5 aromatic carbocycles. The van der Waals surface area contributed by atoms with Gasteiger partial charge >= 0.3 is 18.3 Å². The molecular weight excluding hydrogens is 737 g/mol. The zero-order valence-corrected chi connectivity index (χ0v) is 32.8. The van der Waals surface area contributed by atoms with Gasteiger partial charge in [0.15, 0.2) is 12.4 Å². The highest BCUT2D eigenvalue weighted by Crippen LogP contribution is 2.39. The Bertz CT molecular complexity index is 2450. The molecule has 1 heterocycles. The Kier molecular flexibility index (Phi) is 12.8. The van der Waals surface area contributed by atoms with Crippen molar-refractivity contribution >= 4 is 50.0 Å².